The van der Waals surface area contributed by atoms with Gasteiger partial charge < -0.3 is 11.1 Å². The van der Waals surface area contributed by atoms with Crippen LogP contribution in [0, 0.1) is 11.7 Å². The molecule has 1 aromatic rings. The summed E-state index contributed by atoms with van der Waals surface area (Å²) >= 11 is 0. The van der Waals surface area contributed by atoms with Crippen molar-refractivity contribution in [3.8, 4) is 0 Å². The Morgan fingerprint density at radius 3 is 2.47 bits per heavy atom. The van der Waals surface area contributed by atoms with Crippen molar-refractivity contribution in [2.45, 2.75) is 26.3 Å². The lowest BCUT2D eigenvalue weighted by atomic mass is 10.0. The molecule has 94 valence electrons. The molecular formula is C13H19FN2O. The summed E-state index contributed by atoms with van der Waals surface area (Å²) in [6.07, 6.45) is 0.721. The van der Waals surface area contributed by atoms with Crippen molar-refractivity contribution < 1.29 is 9.18 Å². The third-order valence-electron chi connectivity index (χ3n) is 2.88. The highest BCUT2D eigenvalue weighted by atomic mass is 19.1. The Labute approximate surface area is 101 Å². The predicted molar refractivity (Wildman–Crippen MR) is 65.8 cm³/mol. The first-order valence-electron chi connectivity index (χ1n) is 5.84. The zero-order valence-electron chi connectivity index (χ0n) is 10.2. The number of amides is 1. The van der Waals surface area contributed by atoms with Gasteiger partial charge in [0.25, 0.3) is 0 Å². The van der Waals surface area contributed by atoms with E-state index >= 15 is 0 Å². The molecule has 0 bridgehead atoms. The second-order valence-electron chi connectivity index (χ2n) is 4.12. The van der Waals surface area contributed by atoms with Crippen LogP contribution in [-0.2, 0) is 4.79 Å². The lowest BCUT2D eigenvalue weighted by Crippen LogP contribution is -2.36. The SMILES string of the molecule is CCC(CN)C(=O)NC(C)c1ccc(F)cc1. The molecule has 0 spiro atoms. The molecule has 2 unspecified atom stereocenters. The molecule has 0 aliphatic heterocycles. The van der Waals surface area contributed by atoms with Crippen LogP contribution in [0.3, 0.4) is 0 Å². The van der Waals surface area contributed by atoms with Crippen molar-refractivity contribution in [3.05, 3.63) is 35.6 Å². The Morgan fingerprint density at radius 2 is 2.00 bits per heavy atom. The molecule has 3 N–H and O–H groups in total. The number of rotatable bonds is 5. The number of hydrogen-bond donors (Lipinski definition) is 2. The molecule has 0 radical (unpaired) electrons. The van der Waals surface area contributed by atoms with Crippen LogP contribution in [0.4, 0.5) is 4.39 Å². The van der Waals surface area contributed by atoms with Crippen LogP contribution in [0.15, 0.2) is 24.3 Å². The van der Waals surface area contributed by atoms with E-state index in [0.717, 1.165) is 12.0 Å². The van der Waals surface area contributed by atoms with Gasteiger partial charge in [0, 0.05) is 12.5 Å². The molecule has 0 aliphatic rings. The van der Waals surface area contributed by atoms with Crippen molar-refractivity contribution in [1.29, 1.82) is 0 Å². The average Bonchev–Trinajstić information content (AvgIpc) is 2.31. The number of carbonyl (C=O) groups excluding carboxylic acids is 1. The average molecular weight is 238 g/mol. The second-order valence-corrected chi connectivity index (χ2v) is 4.12. The summed E-state index contributed by atoms with van der Waals surface area (Å²) in [5, 5.41) is 2.88. The lowest BCUT2D eigenvalue weighted by Gasteiger charge is -2.18. The fourth-order valence-corrected chi connectivity index (χ4v) is 1.63. The molecule has 2 atom stereocenters. The first kappa shape index (κ1) is 13.6. The maximum Gasteiger partial charge on any atom is 0.224 e. The van der Waals surface area contributed by atoms with Crippen molar-refractivity contribution in [1.82, 2.24) is 5.32 Å². The van der Waals surface area contributed by atoms with Gasteiger partial charge in [-0.25, -0.2) is 4.39 Å². The summed E-state index contributed by atoms with van der Waals surface area (Å²) in [7, 11) is 0. The molecular weight excluding hydrogens is 219 g/mol. The summed E-state index contributed by atoms with van der Waals surface area (Å²) in [5.74, 6) is -0.481. The first-order chi connectivity index (χ1) is 8.08. The minimum absolute atomic E-state index is 0.0492. The van der Waals surface area contributed by atoms with E-state index in [-0.39, 0.29) is 23.7 Å². The van der Waals surface area contributed by atoms with Gasteiger partial charge in [0.1, 0.15) is 5.82 Å². The van der Waals surface area contributed by atoms with E-state index in [0.29, 0.717) is 6.54 Å². The Bertz CT molecular complexity index is 360. The number of nitrogens with one attached hydrogen (secondary N) is 1. The molecule has 0 heterocycles. The lowest BCUT2D eigenvalue weighted by molar-refractivity contribution is -0.125. The number of nitrogens with two attached hydrogens (primary N) is 1. The Balaban J connectivity index is 2.62. The smallest absolute Gasteiger partial charge is 0.224 e. The van der Waals surface area contributed by atoms with E-state index in [1.54, 1.807) is 12.1 Å². The molecule has 0 saturated heterocycles. The van der Waals surface area contributed by atoms with Gasteiger partial charge in [-0.1, -0.05) is 19.1 Å². The molecule has 0 aliphatic carbocycles. The second kappa shape index (κ2) is 6.35. The third kappa shape index (κ3) is 3.82. The predicted octanol–water partition coefficient (Wildman–Crippen LogP) is 1.99. The van der Waals surface area contributed by atoms with Gasteiger partial charge >= 0.3 is 0 Å². The Morgan fingerprint density at radius 1 is 1.41 bits per heavy atom. The molecule has 1 aromatic carbocycles. The third-order valence-corrected chi connectivity index (χ3v) is 2.88. The number of benzene rings is 1. The van der Waals surface area contributed by atoms with Crippen LogP contribution >= 0.6 is 0 Å². The van der Waals surface area contributed by atoms with E-state index in [1.807, 2.05) is 13.8 Å². The highest BCUT2D eigenvalue weighted by Gasteiger charge is 2.17. The van der Waals surface area contributed by atoms with Crippen LogP contribution in [0.5, 0.6) is 0 Å². The van der Waals surface area contributed by atoms with E-state index in [2.05, 4.69) is 5.32 Å². The van der Waals surface area contributed by atoms with Crippen molar-refractivity contribution in [2.75, 3.05) is 6.54 Å². The highest BCUT2D eigenvalue weighted by Crippen LogP contribution is 2.14. The number of hydrogen-bond acceptors (Lipinski definition) is 2. The van der Waals surface area contributed by atoms with Crippen LogP contribution in [-0.4, -0.2) is 12.5 Å². The molecule has 4 heteroatoms. The van der Waals surface area contributed by atoms with Crippen molar-refractivity contribution in [3.63, 3.8) is 0 Å². The van der Waals surface area contributed by atoms with Crippen LogP contribution < -0.4 is 11.1 Å². The summed E-state index contributed by atoms with van der Waals surface area (Å²) in [5.41, 5.74) is 6.39. The molecule has 0 aromatic heterocycles. The highest BCUT2D eigenvalue weighted by molar-refractivity contribution is 5.79. The first-order valence-corrected chi connectivity index (χ1v) is 5.84. The Hall–Kier alpha value is -1.42. The zero-order chi connectivity index (χ0) is 12.8. The summed E-state index contributed by atoms with van der Waals surface area (Å²) in [4.78, 5) is 11.8. The van der Waals surface area contributed by atoms with Crippen molar-refractivity contribution in [2.24, 2.45) is 11.7 Å². The van der Waals surface area contributed by atoms with E-state index in [1.165, 1.54) is 12.1 Å². The topological polar surface area (TPSA) is 55.1 Å². The quantitative estimate of drug-likeness (QED) is 0.824. The van der Waals surface area contributed by atoms with Crippen LogP contribution in [0.1, 0.15) is 31.9 Å². The van der Waals surface area contributed by atoms with Gasteiger partial charge in [0.05, 0.1) is 6.04 Å². The number of carbonyl (C=O) groups is 1. The van der Waals surface area contributed by atoms with E-state index in [9.17, 15) is 9.18 Å². The van der Waals surface area contributed by atoms with E-state index < -0.39 is 0 Å². The summed E-state index contributed by atoms with van der Waals surface area (Å²) < 4.78 is 12.7. The standard InChI is InChI=1S/C13H19FN2O/c1-3-10(8-15)13(17)16-9(2)11-4-6-12(14)7-5-11/h4-7,9-10H,3,8,15H2,1-2H3,(H,16,17). The van der Waals surface area contributed by atoms with Gasteiger partial charge in [-0.3, -0.25) is 4.79 Å². The normalized spacial score (nSPS) is 14.1. The van der Waals surface area contributed by atoms with Gasteiger partial charge in [-0.05, 0) is 31.0 Å². The molecule has 17 heavy (non-hydrogen) atoms. The molecule has 3 nitrogen and oxygen atoms in total. The van der Waals surface area contributed by atoms with Gasteiger partial charge in [-0.2, -0.15) is 0 Å². The van der Waals surface area contributed by atoms with E-state index in [4.69, 9.17) is 5.73 Å². The fraction of sp³-hybridized carbons (Fsp3) is 0.462. The number of halogens is 1. The van der Waals surface area contributed by atoms with Crippen molar-refractivity contribution >= 4 is 5.91 Å². The fourth-order valence-electron chi connectivity index (χ4n) is 1.63. The molecule has 0 saturated carbocycles. The van der Waals surface area contributed by atoms with Crippen LogP contribution in [0.2, 0.25) is 0 Å². The monoisotopic (exact) mass is 238 g/mol. The Kier molecular flexibility index (Phi) is 5.10. The van der Waals surface area contributed by atoms with Gasteiger partial charge in [-0.15, -0.1) is 0 Å². The van der Waals surface area contributed by atoms with Gasteiger partial charge in [0.2, 0.25) is 5.91 Å². The molecule has 1 rings (SSSR count). The summed E-state index contributed by atoms with van der Waals surface area (Å²) in [6.45, 7) is 4.15. The largest absolute Gasteiger partial charge is 0.349 e. The van der Waals surface area contributed by atoms with Crippen LogP contribution in [0.25, 0.3) is 0 Å². The maximum absolute atomic E-state index is 12.7. The molecule has 0 fully saturated rings. The minimum atomic E-state index is -0.277. The maximum atomic E-state index is 12.7. The summed E-state index contributed by atoms with van der Waals surface area (Å²) in [6, 6.07) is 5.98. The minimum Gasteiger partial charge on any atom is -0.349 e. The zero-order valence-corrected chi connectivity index (χ0v) is 10.2. The molecule has 1 amide bonds. The van der Waals surface area contributed by atoms with Gasteiger partial charge in [0.15, 0.2) is 0 Å².